The molecule has 0 saturated carbocycles. The highest BCUT2D eigenvalue weighted by molar-refractivity contribution is 9.09. The third kappa shape index (κ3) is 3.81. The number of halogens is 1. The molecule has 1 rings (SSSR count). The minimum absolute atomic E-state index is 0.190. The van der Waals surface area contributed by atoms with E-state index >= 15 is 0 Å². The largest absolute Gasteiger partial charge is 0.493 e. The van der Waals surface area contributed by atoms with E-state index in [0.717, 1.165) is 17.7 Å². The Morgan fingerprint density at radius 1 is 1.23 bits per heavy atom. The third-order valence-corrected chi connectivity index (χ3v) is 3.25. The van der Waals surface area contributed by atoms with Gasteiger partial charge in [0, 0.05) is 10.7 Å². The Labute approximate surface area is 88.2 Å². The average Bonchev–Trinajstić information content (AvgIpc) is 2.17. The van der Waals surface area contributed by atoms with Crippen molar-refractivity contribution in [2.75, 3.05) is 11.9 Å². The van der Waals surface area contributed by atoms with Crippen molar-refractivity contribution in [3.05, 3.63) is 30.3 Å². The fraction of sp³-hybridized carbons (Fsp3) is 0.455. The number of benzene rings is 1. The van der Waals surface area contributed by atoms with Crippen LogP contribution < -0.4 is 4.74 Å². The predicted molar refractivity (Wildman–Crippen MR) is 59.5 cm³/mol. The maximum absolute atomic E-state index is 5.63. The van der Waals surface area contributed by atoms with Crippen LogP contribution in [-0.4, -0.2) is 11.9 Å². The second-order valence-electron chi connectivity index (χ2n) is 3.90. The summed E-state index contributed by atoms with van der Waals surface area (Å²) in [7, 11) is 0. The van der Waals surface area contributed by atoms with E-state index in [2.05, 4.69) is 29.8 Å². The standard InChI is InChI=1S/C11H15BrO/c1-11(2,8-12)9-13-10-6-4-3-5-7-10/h3-7H,8-9H2,1-2H3. The lowest BCUT2D eigenvalue weighted by atomic mass is 9.98. The molecule has 0 fully saturated rings. The molecule has 0 saturated heterocycles. The van der Waals surface area contributed by atoms with E-state index in [-0.39, 0.29) is 5.41 Å². The molecule has 0 unspecified atom stereocenters. The maximum Gasteiger partial charge on any atom is 0.119 e. The molecular weight excluding hydrogens is 228 g/mol. The van der Waals surface area contributed by atoms with Gasteiger partial charge in [0.2, 0.25) is 0 Å². The van der Waals surface area contributed by atoms with Crippen LogP contribution >= 0.6 is 15.9 Å². The zero-order valence-corrected chi connectivity index (χ0v) is 9.67. The minimum Gasteiger partial charge on any atom is -0.493 e. The lowest BCUT2D eigenvalue weighted by Crippen LogP contribution is -2.22. The average molecular weight is 243 g/mol. The number of alkyl halides is 1. The molecular formula is C11H15BrO. The first-order valence-corrected chi connectivity index (χ1v) is 5.50. The molecule has 72 valence electrons. The summed E-state index contributed by atoms with van der Waals surface area (Å²) in [5.74, 6) is 0.941. The van der Waals surface area contributed by atoms with E-state index < -0.39 is 0 Å². The third-order valence-electron chi connectivity index (χ3n) is 1.73. The Hall–Kier alpha value is -0.500. The van der Waals surface area contributed by atoms with Crippen molar-refractivity contribution in [3.8, 4) is 5.75 Å². The van der Waals surface area contributed by atoms with Gasteiger partial charge in [-0.2, -0.15) is 0 Å². The molecule has 0 bridgehead atoms. The summed E-state index contributed by atoms with van der Waals surface area (Å²) in [4.78, 5) is 0. The summed E-state index contributed by atoms with van der Waals surface area (Å²) < 4.78 is 5.63. The Morgan fingerprint density at radius 2 is 1.85 bits per heavy atom. The van der Waals surface area contributed by atoms with Crippen LogP contribution in [0, 0.1) is 5.41 Å². The highest BCUT2D eigenvalue weighted by Gasteiger charge is 2.16. The molecule has 1 nitrogen and oxygen atoms in total. The first kappa shape index (κ1) is 10.6. The van der Waals surface area contributed by atoms with Gasteiger partial charge in [-0.3, -0.25) is 0 Å². The van der Waals surface area contributed by atoms with E-state index in [0.29, 0.717) is 0 Å². The fourth-order valence-corrected chi connectivity index (χ4v) is 0.996. The summed E-state index contributed by atoms with van der Waals surface area (Å²) >= 11 is 3.46. The van der Waals surface area contributed by atoms with Gasteiger partial charge in [0.25, 0.3) is 0 Å². The summed E-state index contributed by atoms with van der Waals surface area (Å²) in [5.41, 5.74) is 0.190. The van der Waals surface area contributed by atoms with Gasteiger partial charge in [-0.25, -0.2) is 0 Å². The molecule has 0 radical (unpaired) electrons. The van der Waals surface area contributed by atoms with Gasteiger partial charge in [-0.05, 0) is 12.1 Å². The van der Waals surface area contributed by atoms with Gasteiger partial charge >= 0.3 is 0 Å². The second-order valence-corrected chi connectivity index (χ2v) is 4.46. The molecule has 0 aliphatic rings. The zero-order chi connectivity index (χ0) is 9.73. The molecule has 13 heavy (non-hydrogen) atoms. The van der Waals surface area contributed by atoms with Crippen molar-refractivity contribution in [2.24, 2.45) is 5.41 Å². The van der Waals surface area contributed by atoms with Crippen LogP contribution in [0.1, 0.15) is 13.8 Å². The Balaban J connectivity index is 2.44. The molecule has 0 amide bonds. The summed E-state index contributed by atoms with van der Waals surface area (Å²) in [6.45, 7) is 5.08. The van der Waals surface area contributed by atoms with Crippen LogP contribution in [0.3, 0.4) is 0 Å². The van der Waals surface area contributed by atoms with Crippen molar-refractivity contribution in [1.29, 1.82) is 0 Å². The fourth-order valence-electron chi connectivity index (χ4n) is 0.834. The highest BCUT2D eigenvalue weighted by atomic mass is 79.9. The Kier molecular flexibility index (Phi) is 3.79. The van der Waals surface area contributed by atoms with E-state index in [1.54, 1.807) is 0 Å². The first-order valence-electron chi connectivity index (χ1n) is 4.38. The summed E-state index contributed by atoms with van der Waals surface area (Å²) in [5, 5.41) is 0.951. The van der Waals surface area contributed by atoms with Crippen molar-refractivity contribution in [3.63, 3.8) is 0 Å². The van der Waals surface area contributed by atoms with Gasteiger partial charge < -0.3 is 4.74 Å². The molecule has 0 aliphatic carbocycles. The number of hydrogen-bond acceptors (Lipinski definition) is 1. The monoisotopic (exact) mass is 242 g/mol. The molecule has 0 aromatic heterocycles. The smallest absolute Gasteiger partial charge is 0.119 e. The molecule has 1 aromatic rings. The van der Waals surface area contributed by atoms with Crippen LogP contribution in [-0.2, 0) is 0 Å². The first-order chi connectivity index (χ1) is 6.14. The number of para-hydroxylation sites is 1. The SMILES string of the molecule is CC(C)(CBr)COc1ccccc1. The topological polar surface area (TPSA) is 9.23 Å². The quantitative estimate of drug-likeness (QED) is 0.735. The van der Waals surface area contributed by atoms with Crippen molar-refractivity contribution >= 4 is 15.9 Å². The number of hydrogen-bond donors (Lipinski definition) is 0. The van der Waals surface area contributed by atoms with Gasteiger partial charge in [0.15, 0.2) is 0 Å². The summed E-state index contributed by atoms with van der Waals surface area (Å²) in [6.07, 6.45) is 0. The minimum atomic E-state index is 0.190. The molecule has 0 aliphatic heterocycles. The van der Waals surface area contributed by atoms with Gasteiger partial charge in [0.1, 0.15) is 5.75 Å². The van der Waals surface area contributed by atoms with Crippen LogP contribution in [0.25, 0.3) is 0 Å². The Morgan fingerprint density at radius 3 is 2.38 bits per heavy atom. The van der Waals surface area contributed by atoms with Crippen molar-refractivity contribution in [2.45, 2.75) is 13.8 Å². The number of ether oxygens (including phenoxy) is 1. The molecule has 0 atom stereocenters. The van der Waals surface area contributed by atoms with E-state index in [1.807, 2.05) is 30.3 Å². The zero-order valence-electron chi connectivity index (χ0n) is 8.09. The van der Waals surface area contributed by atoms with E-state index in [4.69, 9.17) is 4.74 Å². The number of rotatable bonds is 4. The lowest BCUT2D eigenvalue weighted by molar-refractivity contribution is 0.203. The van der Waals surface area contributed by atoms with Crippen molar-refractivity contribution < 1.29 is 4.74 Å². The lowest BCUT2D eigenvalue weighted by Gasteiger charge is -2.21. The van der Waals surface area contributed by atoms with Crippen molar-refractivity contribution in [1.82, 2.24) is 0 Å². The molecule has 0 N–H and O–H groups in total. The van der Waals surface area contributed by atoms with Crippen LogP contribution in [0.4, 0.5) is 0 Å². The molecule has 1 aromatic carbocycles. The highest BCUT2D eigenvalue weighted by Crippen LogP contribution is 2.20. The van der Waals surface area contributed by atoms with E-state index in [1.165, 1.54) is 0 Å². The molecule has 2 heteroatoms. The van der Waals surface area contributed by atoms with Gasteiger partial charge in [-0.15, -0.1) is 0 Å². The normalized spacial score (nSPS) is 11.3. The molecule has 0 spiro atoms. The van der Waals surface area contributed by atoms with Gasteiger partial charge in [-0.1, -0.05) is 48.0 Å². The van der Waals surface area contributed by atoms with E-state index in [9.17, 15) is 0 Å². The Bertz CT molecular complexity index is 244. The van der Waals surface area contributed by atoms with Crippen LogP contribution in [0.5, 0.6) is 5.75 Å². The van der Waals surface area contributed by atoms with Gasteiger partial charge in [0.05, 0.1) is 6.61 Å². The second kappa shape index (κ2) is 4.66. The maximum atomic E-state index is 5.63. The summed E-state index contributed by atoms with van der Waals surface area (Å²) in [6, 6.07) is 9.91. The molecule has 0 heterocycles. The predicted octanol–water partition coefficient (Wildman–Crippen LogP) is 3.49. The van der Waals surface area contributed by atoms with Crippen LogP contribution in [0.2, 0.25) is 0 Å². The van der Waals surface area contributed by atoms with Crippen LogP contribution in [0.15, 0.2) is 30.3 Å².